The molecule has 20 atom stereocenters. The highest BCUT2D eigenvalue weighted by molar-refractivity contribution is 6.03. The van der Waals surface area contributed by atoms with Gasteiger partial charge in [0.15, 0.2) is 11.6 Å². The Balaban J connectivity index is 0.000000180. The van der Waals surface area contributed by atoms with Crippen LogP contribution in [0, 0.1) is 70.0 Å². The predicted octanol–water partition coefficient (Wildman–Crippen LogP) is 12.1. The maximum Gasteiger partial charge on any atom is 0.471 e. The SMILES string of the molecule is CC1=C2C(=O)[C@H]3[C@@H](CC=C4C[C@@H](OC(=O)NCCNC(=O)CCc5ccccc5)CC[C@@]43C)[C@@H]2CC[C@]12O[C@@H]1C[C@H](C)CN(C(=O)C(F)(F)F)[C@H]1[C@H]2C.CC1=C2C(=O)[C@H]3[C@@H](CC=C4C[C@@H](OC(=O)NCCNC(=O)CCc5ccccc5)CC[C@@]43C)[C@@H]2CC[C@]12O[C@@H]1C[C@H](C)CN[C@H]1[C@H]2C. The van der Waals surface area contributed by atoms with Crippen LogP contribution in [0.3, 0.4) is 0 Å². The van der Waals surface area contributed by atoms with Crippen molar-refractivity contribution in [3.8, 4) is 0 Å². The first-order chi connectivity index (χ1) is 47.7. The van der Waals surface area contributed by atoms with Gasteiger partial charge in [0, 0.05) is 99.3 Å². The molecule has 100 heavy (non-hydrogen) atoms. The maximum atomic E-state index is 14.6. The van der Waals surface area contributed by atoms with E-state index in [1.807, 2.05) is 81.4 Å². The summed E-state index contributed by atoms with van der Waals surface area (Å²) in [4.78, 5) is 92.6. The third-order valence-electron chi connectivity index (χ3n) is 26.8. The number of allylic oxidation sites excluding steroid dienone is 4. The monoisotopic (exact) mass is 1380 g/mol. The number of piperidine rings is 2. The highest BCUT2D eigenvalue weighted by atomic mass is 19.4. The van der Waals surface area contributed by atoms with Gasteiger partial charge in [-0.2, -0.15) is 13.2 Å². The first-order valence-electron chi connectivity index (χ1n) is 37.6. The molecule has 5 N–H and O–H groups in total. The molecular weight excluding hydrogens is 1280 g/mol. The lowest BCUT2D eigenvalue weighted by Crippen LogP contribution is -2.57. The number of fused-ring (bicyclic) bond motifs is 12. The number of alkyl carbamates (subject to hydrolysis) is 2. The van der Waals surface area contributed by atoms with Crippen molar-refractivity contribution in [2.75, 3.05) is 39.3 Å². The summed E-state index contributed by atoms with van der Waals surface area (Å²) in [5.41, 5.74) is 6.77. The third kappa shape index (κ3) is 13.4. The van der Waals surface area contributed by atoms with Crippen molar-refractivity contribution in [2.45, 2.75) is 225 Å². The Morgan fingerprint density at radius 1 is 0.600 bits per heavy atom. The van der Waals surface area contributed by atoms with Gasteiger partial charge in [-0.3, -0.25) is 24.0 Å². The molecule has 0 radical (unpaired) electrons. The van der Waals surface area contributed by atoms with Crippen LogP contribution >= 0.6 is 0 Å². The van der Waals surface area contributed by atoms with Crippen LogP contribution in [0.25, 0.3) is 0 Å². The highest BCUT2D eigenvalue weighted by Gasteiger charge is 2.67. The Kier molecular flexibility index (Phi) is 20.5. The average molecular weight is 1380 g/mol. The lowest BCUT2D eigenvalue weighted by Gasteiger charge is -2.48. The van der Waals surface area contributed by atoms with E-state index in [0.29, 0.717) is 126 Å². The minimum Gasteiger partial charge on any atom is -0.446 e. The van der Waals surface area contributed by atoms with Gasteiger partial charge in [-0.25, -0.2) is 9.59 Å². The van der Waals surface area contributed by atoms with Gasteiger partial charge in [-0.15, -0.1) is 0 Å². The molecule has 4 heterocycles. The first-order valence-corrected chi connectivity index (χ1v) is 37.6. The third-order valence-corrected chi connectivity index (χ3v) is 26.8. The number of carbonyl (C=O) groups excluding carboxylic acids is 7. The summed E-state index contributed by atoms with van der Waals surface area (Å²) in [5, 5.41) is 15.0. The van der Waals surface area contributed by atoms with Crippen LogP contribution in [0.1, 0.15) is 169 Å². The number of carbonyl (C=O) groups is 7. The molecular formula is C80H105F3N6O11. The van der Waals surface area contributed by atoms with Crippen LogP contribution < -0.4 is 26.6 Å². The Hall–Kier alpha value is -6.64. The summed E-state index contributed by atoms with van der Waals surface area (Å²) in [6.45, 7) is 19.3. The van der Waals surface area contributed by atoms with E-state index >= 15 is 0 Å². The normalized spacial score (nSPS) is 37.5. The number of amides is 5. The van der Waals surface area contributed by atoms with Crippen molar-refractivity contribution >= 4 is 41.5 Å². The molecule has 2 aromatic carbocycles. The molecule has 5 amide bonds. The number of rotatable bonds is 14. The second-order valence-corrected chi connectivity index (χ2v) is 32.4. The fraction of sp³-hybridized carbons (Fsp3) is 0.662. The van der Waals surface area contributed by atoms with Gasteiger partial charge in [-0.1, -0.05) is 126 Å². The minimum atomic E-state index is -4.96. The second-order valence-electron chi connectivity index (χ2n) is 32.4. The molecule has 8 fully saturated rings. The summed E-state index contributed by atoms with van der Waals surface area (Å²) in [6.07, 6.45) is 10.8. The summed E-state index contributed by atoms with van der Waals surface area (Å²) in [7, 11) is 0. The number of Topliss-reactive ketones (excluding diaryl/α,β-unsaturated/α-hetero) is 2. The van der Waals surface area contributed by atoms with Crippen molar-refractivity contribution in [1.82, 2.24) is 31.5 Å². The molecule has 2 spiro atoms. The number of halogens is 3. The number of alkyl halides is 3. The molecule has 542 valence electrons. The van der Waals surface area contributed by atoms with E-state index in [2.05, 4.69) is 73.4 Å². The summed E-state index contributed by atoms with van der Waals surface area (Å²) in [5.74, 6) is -0.406. The van der Waals surface area contributed by atoms with Crippen LogP contribution in [0.2, 0.25) is 0 Å². The van der Waals surface area contributed by atoms with E-state index in [4.69, 9.17) is 18.9 Å². The van der Waals surface area contributed by atoms with E-state index in [1.165, 1.54) is 11.1 Å². The van der Waals surface area contributed by atoms with Crippen molar-refractivity contribution in [1.29, 1.82) is 0 Å². The zero-order chi connectivity index (χ0) is 70.8. The summed E-state index contributed by atoms with van der Waals surface area (Å²) in [6, 6.07) is 19.4. The summed E-state index contributed by atoms with van der Waals surface area (Å²) < 4.78 is 66.6. The second kappa shape index (κ2) is 28.5. The molecule has 14 rings (SSSR count). The lowest BCUT2D eigenvalue weighted by molar-refractivity contribution is -0.192. The molecule has 4 saturated heterocycles. The molecule has 0 unspecified atom stereocenters. The number of ketones is 2. The highest BCUT2D eigenvalue weighted by Crippen LogP contribution is 2.66. The zero-order valence-electron chi connectivity index (χ0n) is 59.7. The van der Waals surface area contributed by atoms with Gasteiger partial charge in [0.05, 0.1) is 29.5 Å². The lowest BCUT2D eigenvalue weighted by atomic mass is 9.56. The zero-order valence-corrected chi connectivity index (χ0v) is 59.7. The fourth-order valence-corrected chi connectivity index (χ4v) is 21.8. The van der Waals surface area contributed by atoms with E-state index in [-0.39, 0.29) is 95.0 Å². The Bertz CT molecular complexity index is 3610. The Labute approximate surface area is 587 Å². The van der Waals surface area contributed by atoms with E-state index in [9.17, 15) is 46.7 Å². The molecule has 12 aliphatic rings. The largest absolute Gasteiger partial charge is 0.471 e. The molecule has 4 saturated carbocycles. The van der Waals surface area contributed by atoms with Gasteiger partial charge in [0.1, 0.15) is 12.2 Å². The predicted molar refractivity (Wildman–Crippen MR) is 371 cm³/mol. The van der Waals surface area contributed by atoms with Crippen molar-refractivity contribution < 1.29 is 65.7 Å². The number of benzene rings is 2. The number of ether oxygens (including phenoxy) is 4. The number of hydrogen-bond donors (Lipinski definition) is 5. The maximum absolute atomic E-state index is 14.6. The molecule has 8 aliphatic carbocycles. The van der Waals surface area contributed by atoms with Crippen molar-refractivity contribution in [3.63, 3.8) is 0 Å². The van der Waals surface area contributed by atoms with E-state index in [1.54, 1.807) is 0 Å². The van der Waals surface area contributed by atoms with Crippen LogP contribution in [0.4, 0.5) is 22.8 Å². The summed E-state index contributed by atoms with van der Waals surface area (Å²) >= 11 is 0. The topological polar surface area (TPSA) is 220 Å². The number of nitrogens with zero attached hydrogens (tertiary/aromatic N) is 1. The van der Waals surface area contributed by atoms with Gasteiger partial charge >= 0.3 is 24.3 Å². The number of nitrogens with one attached hydrogen (secondary N) is 5. The molecule has 0 aromatic heterocycles. The molecule has 4 aliphatic heterocycles. The Morgan fingerprint density at radius 2 is 1.05 bits per heavy atom. The minimum absolute atomic E-state index is 0.00925. The first kappa shape index (κ1) is 71.7. The van der Waals surface area contributed by atoms with Crippen LogP contribution in [0.5, 0.6) is 0 Å². The van der Waals surface area contributed by atoms with Crippen LogP contribution in [-0.2, 0) is 55.8 Å². The van der Waals surface area contributed by atoms with Gasteiger partial charge in [-0.05, 0) is 179 Å². The smallest absolute Gasteiger partial charge is 0.446 e. The fourth-order valence-electron chi connectivity index (χ4n) is 21.8. The molecule has 17 nitrogen and oxygen atoms in total. The van der Waals surface area contributed by atoms with Gasteiger partial charge in [0.25, 0.3) is 0 Å². The standard InChI is InChI=1S/C41H52F3N3O6.C39H53N3O5/c1-23-20-31-35(47(22-23)37(50)41(42,43)44)25(3)40(53-31)17-15-29-30-12-11-27-21-28(14-16-39(27,4)34(30)36(49)33(29)24(40)2)52-38(51)46-19-18-45-32(48)13-10-26-8-6-5-7-9-26;1-23-20-31-35(42-22-23)25(3)39(47-31)17-15-29-30-12-11-27-21-28(14-16-38(27,4)34(30)36(44)33(29)24(39)2)46-37(45)41-19-18-40-32(43)13-10-26-8-6-5-7-9-26/h5-9,11,23,25,28-31,34-35H,10,12-22H2,1-4H3,(H,45,48)(H,46,51);5-9,11,23,25,28-31,34-35,42H,10,12-22H2,1-4H3,(H,40,43)(H,41,45)/t23-,25+,28-,29-,30-,31+,34+,35-,39-,40-;23-,25+,28-,29-,30-,31+,34+,35-,38-,39-/m00/s1. The van der Waals surface area contributed by atoms with Gasteiger partial charge in [0.2, 0.25) is 11.8 Å². The number of hydrogen-bond acceptors (Lipinski definition) is 12. The van der Waals surface area contributed by atoms with E-state index in [0.717, 1.165) is 89.8 Å². The Morgan fingerprint density at radius 3 is 1.53 bits per heavy atom. The molecule has 0 bridgehead atoms. The van der Waals surface area contributed by atoms with Crippen LogP contribution in [0.15, 0.2) is 106 Å². The number of aryl methyl sites for hydroxylation is 2. The van der Waals surface area contributed by atoms with Crippen molar-refractivity contribution in [3.05, 3.63) is 117 Å². The molecule has 2 aromatic rings. The molecule has 20 heteroatoms. The van der Waals surface area contributed by atoms with Crippen LogP contribution in [-0.4, -0.2) is 140 Å². The number of likely N-dealkylation sites (tertiary alicyclic amines) is 1. The quantitative estimate of drug-likeness (QED) is 0.0881. The van der Waals surface area contributed by atoms with Gasteiger partial charge < -0.3 is 50.4 Å². The average Bonchev–Trinajstić information content (AvgIpc) is 1.54. The van der Waals surface area contributed by atoms with E-state index < -0.39 is 47.9 Å². The van der Waals surface area contributed by atoms with Crippen molar-refractivity contribution in [2.24, 2.45) is 70.0 Å².